The fourth-order valence-corrected chi connectivity index (χ4v) is 4.83. The van der Waals surface area contributed by atoms with E-state index in [-0.39, 0.29) is 28.6 Å². The largest absolute Gasteiger partial charge is 0.479 e. The smallest absolute Gasteiger partial charge is 0.341 e. The Morgan fingerprint density at radius 2 is 1.85 bits per heavy atom. The van der Waals surface area contributed by atoms with Crippen LogP contribution in [0, 0.1) is 0 Å². The first kappa shape index (κ1) is 19.5. The van der Waals surface area contributed by atoms with Gasteiger partial charge in [0.05, 0.1) is 0 Å². The molecule has 1 fully saturated rings. The molecule has 0 saturated carbocycles. The van der Waals surface area contributed by atoms with Gasteiger partial charge in [-0.05, 0) is 6.07 Å². The second-order valence-electron chi connectivity index (χ2n) is 6.23. The van der Waals surface area contributed by atoms with Gasteiger partial charge in [0.15, 0.2) is 0 Å². The first-order chi connectivity index (χ1) is 12.6. The van der Waals surface area contributed by atoms with Crippen LogP contribution in [0.15, 0.2) is 46.2 Å². The summed E-state index contributed by atoms with van der Waals surface area (Å²) in [5.74, 6) is -1.60. The molecule has 1 aromatic carbocycles. The van der Waals surface area contributed by atoms with Gasteiger partial charge < -0.3 is 10.1 Å². The van der Waals surface area contributed by atoms with Crippen molar-refractivity contribution in [1.82, 2.24) is 9.29 Å². The Kier molecular flexibility index (Phi) is 5.11. The molecule has 144 valence electrons. The number of hydrogen-bond donors (Lipinski definition) is 2. The molecule has 2 aromatic rings. The molecule has 0 atom stereocenters. The zero-order valence-electron chi connectivity index (χ0n) is 14.0. The molecule has 1 aliphatic heterocycles. The molecule has 3 rings (SSSR count). The average molecular weight is 415 g/mol. The van der Waals surface area contributed by atoms with E-state index in [9.17, 15) is 22.4 Å². The molecule has 0 amide bonds. The summed E-state index contributed by atoms with van der Waals surface area (Å²) in [6.07, 6.45) is 0.170. The third kappa shape index (κ3) is 3.62. The topological polar surface area (TPSA) is 108 Å². The van der Waals surface area contributed by atoms with E-state index in [2.05, 4.69) is 4.98 Å². The van der Waals surface area contributed by atoms with E-state index in [0.717, 1.165) is 16.6 Å². The predicted molar refractivity (Wildman–Crippen MR) is 97.0 cm³/mol. The van der Waals surface area contributed by atoms with E-state index in [4.69, 9.17) is 16.7 Å². The first-order valence-corrected chi connectivity index (χ1v) is 9.87. The van der Waals surface area contributed by atoms with Gasteiger partial charge >= 0.3 is 5.97 Å². The number of carboxylic acids is 1. The summed E-state index contributed by atoms with van der Waals surface area (Å²) in [5.41, 5.74) is -2.45. The quantitative estimate of drug-likeness (QED) is 0.798. The highest BCUT2D eigenvalue weighted by molar-refractivity contribution is 7.89. The van der Waals surface area contributed by atoms with Gasteiger partial charge in [-0.3, -0.25) is 4.79 Å². The third-order valence-electron chi connectivity index (χ3n) is 4.57. The number of piperidine rings is 1. The van der Waals surface area contributed by atoms with Crippen molar-refractivity contribution in [1.29, 1.82) is 0 Å². The van der Waals surface area contributed by atoms with Crippen LogP contribution in [-0.2, 0) is 14.8 Å². The van der Waals surface area contributed by atoms with Crippen LogP contribution in [0.5, 0.6) is 0 Å². The number of aromatic nitrogens is 1. The number of hydrogen-bond acceptors (Lipinski definition) is 4. The summed E-state index contributed by atoms with van der Waals surface area (Å²) >= 11 is 6.16. The Morgan fingerprint density at radius 1 is 1.22 bits per heavy atom. The standard InChI is InChI=1S/C17H16ClFN2O5S/c18-13-4-2-1-3-11(13)12-9-15(22)20-10-14(12)27(25,26)21-7-5-17(19,6-8-21)16(23)24/h1-4,9-10H,5-8H2,(H,20,22)(H,23,24). The van der Waals surface area contributed by atoms with Crippen molar-refractivity contribution in [2.45, 2.75) is 23.4 Å². The average Bonchev–Trinajstić information content (AvgIpc) is 2.62. The molecular formula is C17H16ClFN2O5S. The third-order valence-corrected chi connectivity index (χ3v) is 6.83. The van der Waals surface area contributed by atoms with Crippen molar-refractivity contribution < 1.29 is 22.7 Å². The minimum Gasteiger partial charge on any atom is -0.479 e. The Morgan fingerprint density at radius 3 is 2.44 bits per heavy atom. The van der Waals surface area contributed by atoms with Gasteiger partial charge in [0.2, 0.25) is 21.3 Å². The molecule has 1 saturated heterocycles. The SMILES string of the molecule is O=C(O)C1(F)CCN(S(=O)(=O)c2c[nH]c(=O)cc2-c2ccccc2Cl)CC1. The molecular weight excluding hydrogens is 399 g/mol. The van der Waals surface area contributed by atoms with Crippen LogP contribution in [0.2, 0.25) is 5.02 Å². The fraction of sp³-hybridized carbons (Fsp3) is 0.294. The van der Waals surface area contributed by atoms with Gasteiger partial charge in [-0.15, -0.1) is 0 Å². The lowest BCUT2D eigenvalue weighted by Crippen LogP contribution is -2.48. The summed E-state index contributed by atoms with van der Waals surface area (Å²) < 4.78 is 41.4. The minimum absolute atomic E-state index is 0.125. The summed E-state index contributed by atoms with van der Waals surface area (Å²) in [6, 6.07) is 7.62. The maximum absolute atomic E-state index is 14.2. The van der Waals surface area contributed by atoms with Crippen LogP contribution >= 0.6 is 11.6 Å². The van der Waals surface area contributed by atoms with Gasteiger partial charge in [-0.2, -0.15) is 4.31 Å². The molecule has 2 N–H and O–H groups in total. The second-order valence-corrected chi connectivity index (χ2v) is 8.54. The Balaban J connectivity index is 2.03. The monoisotopic (exact) mass is 414 g/mol. The number of aliphatic carboxylic acids is 1. The summed E-state index contributed by atoms with van der Waals surface area (Å²) in [6.45, 7) is -0.571. The number of benzene rings is 1. The molecule has 10 heteroatoms. The number of carboxylic acid groups (broad SMARTS) is 1. The molecule has 27 heavy (non-hydrogen) atoms. The number of nitrogens with one attached hydrogen (secondary N) is 1. The van der Waals surface area contributed by atoms with E-state index in [1.54, 1.807) is 24.3 Å². The van der Waals surface area contributed by atoms with Crippen molar-refractivity contribution in [3.05, 3.63) is 51.9 Å². The normalized spacial score (nSPS) is 17.6. The number of alkyl halides is 1. The first-order valence-electron chi connectivity index (χ1n) is 8.05. The summed E-state index contributed by atoms with van der Waals surface area (Å²) in [7, 11) is -4.11. The number of carbonyl (C=O) groups is 1. The molecule has 0 unspecified atom stereocenters. The Hall–Kier alpha value is -2.23. The van der Waals surface area contributed by atoms with Gasteiger partial charge in [-0.25, -0.2) is 17.6 Å². The van der Waals surface area contributed by atoms with Crippen LogP contribution in [0.3, 0.4) is 0 Å². The maximum Gasteiger partial charge on any atom is 0.341 e. The molecule has 0 radical (unpaired) electrons. The lowest BCUT2D eigenvalue weighted by atomic mass is 9.95. The molecule has 2 heterocycles. The highest BCUT2D eigenvalue weighted by Gasteiger charge is 2.44. The van der Waals surface area contributed by atoms with E-state index < -0.39 is 40.1 Å². The Labute approximate surface area is 159 Å². The van der Waals surface area contributed by atoms with Crippen LogP contribution in [0.1, 0.15) is 12.8 Å². The van der Waals surface area contributed by atoms with Crippen molar-refractivity contribution >= 4 is 27.6 Å². The van der Waals surface area contributed by atoms with Crippen LogP contribution in [-0.4, -0.2) is 47.5 Å². The van der Waals surface area contributed by atoms with Crippen molar-refractivity contribution in [3.8, 4) is 11.1 Å². The lowest BCUT2D eigenvalue weighted by Gasteiger charge is -2.33. The van der Waals surface area contributed by atoms with Crippen molar-refractivity contribution in [3.63, 3.8) is 0 Å². The molecule has 0 bridgehead atoms. The van der Waals surface area contributed by atoms with Crippen LogP contribution in [0.4, 0.5) is 4.39 Å². The zero-order chi connectivity index (χ0) is 19.8. The van der Waals surface area contributed by atoms with E-state index in [0.29, 0.717) is 5.56 Å². The predicted octanol–water partition coefficient (Wildman–Crippen LogP) is 2.27. The van der Waals surface area contributed by atoms with Gasteiger partial charge in [0.25, 0.3) is 0 Å². The highest BCUT2D eigenvalue weighted by atomic mass is 35.5. The molecule has 1 aliphatic rings. The van der Waals surface area contributed by atoms with Crippen molar-refractivity contribution in [2.75, 3.05) is 13.1 Å². The maximum atomic E-state index is 14.2. The van der Waals surface area contributed by atoms with Crippen LogP contribution in [0.25, 0.3) is 11.1 Å². The number of sulfonamides is 1. The highest BCUT2D eigenvalue weighted by Crippen LogP contribution is 2.35. The number of H-pyrrole nitrogens is 1. The number of pyridine rings is 1. The summed E-state index contributed by atoms with van der Waals surface area (Å²) in [4.78, 5) is 24.9. The van der Waals surface area contributed by atoms with Gasteiger partial charge in [0.1, 0.15) is 4.90 Å². The minimum atomic E-state index is -4.11. The fourth-order valence-electron chi connectivity index (χ4n) is 3.00. The molecule has 1 aromatic heterocycles. The van der Waals surface area contributed by atoms with E-state index in [1.165, 1.54) is 0 Å². The molecule has 0 spiro atoms. The summed E-state index contributed by atoms with van der Waals surface area (Å²) in [5, 5.41) is 9.23. The number of halogens is 2. The van der Waals surface area contributed by atoms with Gasteiger partial charge in [-0.1, -0.05) is 29.8 Å². The number of rotatable bonds is 4. The van der Waals surface area contributed by atoms with E-state index in [1.807, 2.05) is 0 Å². The molecule has 7 nitrogen and oxygen atoms in total. The van der Waals surface area contributed by atoms with E-state index >= 15 is 0 Å². The zero-order valence-corrected chi connectivity index (χ0v) is 15.6. The second kappa shape index (κ2) is 7.06. The number of nitrogens with zero attached hydrogens (tertiary/aromatic N) is 1. The molecule has 0 aliphatic carbocycles. The lowest BCUT2D eigenvalue weighted by molar-refractivity contribution is -0.153. The Bertz CT molecular complexity index is 1050. The number of aromatic amines is 1. The van der Waals surface area contributed by atoms with Gasteiger partial charge in [0, 0.05) is 54.3 Å². The van der Waals surface area contributed by atoms with Crippen LogP contribution < -0.4 is 5.56 Å². The van der Waals surface area contributed by atoms with Crippen molar-refractivity contribution in [2.24, 2.45) is 0 Å².